The summed E-state index contributed by atoms with van der Waals surface area (Å²) in [4.78, 5) is 7.94. The van der Waals surface area contributed by atoms with Crippen molar-refractivity contribution >= 4 is 23.4 Å². The van der Waals surface area contributed by atoms with Crippen LogP contribution >= 0.6 is 11.6 Å². The van der Waals surface area contributed by atoms with E-state index in [0.717, 1.165) is 17.7 Å². The fourth-order valence-electron chi connectivity index (χ4n) is 2.65. The van der Waals surface area contributed by atoms with Crippen molar-refractivity contribution in [1.29, 1.82) is 0 Å². The molecule has 140 valence electrons. The van der Waals surface area contributed by atoms with Gasteiger partial charge in [0.15, 0.2) is 0 Å². The molecule has 0 bridgehead atoms. The molecule has 0 aliphatic heterocycles. The number of halogens is 4. The lowest BCUT2D eigenvalue weighted by Crippen LogP contribution is -2.16. The monoisotopic (exact) mass is 392 g/mol. The van der Waals surface area contributed by atoms with Gasteiger partial charge in [0.25, 0.3) is 0 Å². The Bertz CT molecular complexity index is 896. The van der Waals surface area contributed by atoms with Gasteiger partial charge in [-0.3, -0.25) is 0 Å². The minimum absolute atomic E-state index is 0.109. The minimum Gasteiger partial charge on any atom is -0.368 e. The fraction of sp³-hybridized carbons (Fsp3) is 0.158. The molecule has 8 heteroatoms. The van der Waals surface area contributed by atoms with Crippen LogP contribution in [0.1, 0.15) is 22.7 Å². The van der Waals surface area contributed by atoms with Crippen LogP contribution in [-0.2, 0) is 12.6 Å². The average molecular weight is 393 g/mol. The maximum absolute atomic E-state index is 12.8. The van der Waals surface area contributed by atoms with E-state index in [1.807, 2.05) is 12.1 Å². The Morgan fingerprint density at radius 3 is 2.26 bits per heavy atom. The highest BCUT2D eigenvalue weighted by Gasteiger charge is 2.30. The highest BCUT2D eigenvalue weighted by molar-refractivity contribution is 6.30. The van der Waals surface area contributed by atoms with E-state index < -0.39 is 11.7 Å². The third kappa shape index (κ3) is 5.10. The first-order chi connectivity index (χ1) is 12.8. The Morgan fingerprint density at radius 1 is 1.00 bits per heavy atom. The molecular weight excluding hydrogens is 377 g/mol. The topological polar surface area (TPSA) is 63.8 Å². The molecule has 0 saturated carbocycles. The molecule has 0 saturated heterocycles. The van der Waals surface area contributed by atoms with Gasteiger partial charge in [0.2, 0.25) is 5.95 Å². The first-order valence-electron chi connectivity index (χ1n) is 8.08. The number of alkyl halides is 3. The summed E-state index contributed by atoms with van der Waals surface area (Å²) in [5.41, 5.74) is 6.58. The minimum atomic E-state index is -4.38. The molecule has 1 atom stereocenters. The van der Waals surface area contributed by atoms with Gasteiger partial charge in [0.05, 0.1) is 11.6 Å². The molecular formula is C19H16ClF3N4. The number of benzene rings is 2. The van der Waals surface area contributed by atoms with Gasteiger partial charge in [-0.1, -0.05) is 35.9 Å². The van der Waals surface area contributed by atoms with Crippen LogP contribution in [0.4, 0.5) is 24.9 Å². The van der Waals surface area contributed by atoms with E-state index in [2.05, 4.69) is 15.3 Å². The summed E-state index contributed by atoms with van der Waals surface area (Å²) in [6, 6.07) is 13.7. The zero-order chi connectivity index (χ0) is 19.4. The van der Waals surface area contributed by atoms with E-state index >= 15 is 0 Å². The summed E-state index contributed by atoms with van der Waals surface area (Å²) in [7, 11) is 0. The summed E-state index contributed by atoms with van der Waals surface area (Å²) >= 11 is 5.92. The Labute approximate surface area is 159 Å². The Kier molecular flexibility index (Phi) is 5.51. The lowest BCUT2D eigenvalue weighted by molar-refractivity contribution is -0.137. The maximum Gasteiger partial charge on any atom is 0.416 e. The molecule has 3 aromatic rings. The number of nitrogens with two attached hydrogens (primary N) is 1. The number of anilines is 2. The molecule has 3 rings (SSSR count). The molecule has 3 N–H and O–H groups in total. The largest absolute Gasteiger partial charge is 0.416 e. The molecule has 27 heavy (non-hydrogen) atoms. The van der Waals surface area contributed by atoms with Crippen molar-refractivity contribution in [1.82, 2.24) is 9.97 Å². The normalized spacial score (nSPS) is 12.6. The van der Waals surface area contributed by atoms with Gasteiger partial charge in [0.1, 0.15) is 5.82 Å². The Hall–Kier alpha value is -2.80. The maximum atomic E-state index is 12.8. The van der Waals surface area contributed by atoms with Gasteiger partial charge in [-0.05, 0) is 47.9 Å². The smallest absolute Gasteiger partial charge is 0.368 e. The van der Waals surface area contributed by atoms with Crippen molar-refractivity contribution in [2.75, 3.05) is 11.1 Å². The van der Waals surface area contributed by atoms with Gasteiger partial charge in [-0.25, -0.2) is 4.98 Å². The van der Waals surface area contributed by atoms with Crippen LogP contribution in [0.25, 0.3) is 0 Å². The quantitative estimate of drug-likeness (QED) is 0.632. The predicted octanol–water partition coefficient (Wildman–Crippen LogP) is 5.13. The van der Waals surface area contributed by atoms with Gasteiger partial charge in [-0.2, -0.15) is 18.2 Å². The van der Waals surface area contributed by atoms with Crippen LogP contribution in [0.5, 0.6) is 0 Å². The lowest BCUT2D eigenvalue weighted by atomic mass is 9.97. The number of nitrogens with one attached hydrogen (secondary N) is 1. The summed E-state index contributed by atoms with van der Waals surface area (Å²) in [6.07, 6.45) is -2.35. The van der Waals surface area contributed by atoms with Crippen LogP contribution < -0.4 is 11.1 Å². The third-order valence-electron chi connectivity index (χ3n) is 3.99. The highest BCUT2D eigenvalue weighted by Crippen LogP contribution is 2.31. The first-order valence-corrected chi connectivity index (χ1v) is 8.46. The second kappa shape index (κ2) is 7.84. The van der Waals surface area contributed by atoms with Crippen LogP contribution in [0.3, 0.4) is 0 Å². The van der Waals surface area contributed by atoms with E-state index in [1.54, 1.807) is 18.2 Å². The van der Waals surface area contributed by atoms with Crippen molar-refractivity contribution in [2.24, 2.45) is 0 Å². The standard InChI is InChI=1S/C19H16ClF3N4/c20-15-7-1-12(2-8-15)11-16(26-17-9-10-25-18(24)27-17)13-3-5-14(6-4-13)19(21,22)23/h1-10,16H,11H2,(H3,24,25,26,27). The first kappa shape index (κ1) is 19.0. The number of hydrogen-bond acceptors (Lipinski definition) is 4. The van der Waals surface area contributed by atoms with Crippen molar-refractivity contribution in [3.63, 3.8) is 0 Å². The van der Waals surface area contributed by atoms with E-state index in [4.69, 9.17) is 17.3 Å². The molecule has 0 fully saturated rings. The van der Waals surface area contributed by atoms with Crippen molar-refractivity contribution in [3.05, 3.63) is 82.5 Å². The second-order valence-electron chi connectivity index (χ2n) is 5.95. The summed E-state index contributed by atoms with van der Waals surface area (Å²) in [6.45, 7) is 0. The Balaban J connectivity index is 1.89. The molecule has 0 aliphatic rings. The van der Waals surface area contributed by atoms with Crippen LogP contribution in [0.15, 0.2) is 60.8 Å². The van der Waals surface area contributed by atoms with Crippen molar-refractivity contribution < 1.29 is 13.2 Å². The fourth-order valence-corrected chi connectivity index (χ4v) is 2.77. The molecule has 1 heterocycles. The molecule has 1 unspecified atom stereocenters. The van der Waals surface area contributed by atoms with E-state index in [9.17, 15) is 13.2 Å². The average Bonchev–Trinajstić information content (AvgIpc) is 2.62. The molecule has 2 aromatic carbocycles. The zero-order valence-corrected chi connectivity index (χ0v) is 14.8. The van der Waals surface area contributed by atoms with Crippen LogP contribution in [0, 0.1) is 0 Å². The van der Waals surface area contributed by atoms with Crippen LogP contribution in [-0.4, -0.2) is 9.97 Å². The van der Waals surface area contributed by atoms with E-state index in [1.165, 1.54) is 18.3 Å². The SMILES string of the molecule is Nc1nccc(NC(Cc2ccc(Cl)cc2)c2ccc(C(F)(F)F)cc2)n1. The lowest BCUT2D eigenvalue weighted by Gasteiger charge is -2.21. The molecule has 0 spiro atoms. The molecule has 4 nitrogen and oxygen atoms in total. The summed E-state index contributed by atoms with van der Waals surface area (Å²) < 4.78 is 38.5. The summed E-state index contributed by atoms with van der Waals surface area (Å²) in [5.74, 6) is 0.596. The third-order valence-corrected chi connectivity index (χ3v) is 4.24. The van der Waals surface area contributed by atoms with E-state index in [-0.39, 0.29) is 12.0 Å². The summed E-state index contributed by atoms with van der Waals surface area (Å²) in [5, 5.41) is 3.82. The highest BCUT2D eigenvalue weighted by atomic mass is 35.5. The van der Waals surface area contributed by atoms with Crippen LogP contribution in [0.2, 0.25) is 5.02 Å². The Morgan fingerprint density at radius 2 is 1.67 bits per heavy atom. The number of hydrogen-bond donors (Lipinski definition) is 2. The number of nitrogen functional groups attached to an aromatic ring is 1. The van der Waals surface area contributed by atoms with Gasteiger partial charge >= 0.3 is 6.18 Å². The van der Waals surface area contributed by atoms with E-state index in [0.29, 0.717) is 22.8 Å². The van der Waals surface area contributed by atoms with Gasteiger partial charge < -0.3 is 11.1 Å². The molecule has 0 amide bonds. The number of aromatic nitrogens is 2. The molecule has 1 aromatic heterocycles. The molecule has 0 radical (unpaired) electrons. The molecule has 0 aliphatic carbocycles. The van der Waals surface area contributed by atoms with Crippen molar-refractivity contribution in [3.8, 4) is 0 Å². The second-order valence-corrected chi connectivity index (χ2v) is 6.38. The zero-order valence-electron chi connectivity index (χ0n) is 14.0. The number of nitrogens with zero attached hydrogens (tertiary/aromatic N) is 2. The predicted molar refractivity (Wildman–Crippen MR) is 99.4 cm³/mol. The van der Waals surface area contributed by atoms with Crippen molar-refractivity contribution in [2.45, 2.75) is 18.6 Å². The van der Waals surface area contributed by atoms with Gasteiger partial charge in [0, 0.05) is 11.2 Å². The van der Waals surface area contributed by atoms with Gasteiger partial charge in [-0.15, -0.1) is 0 Å². The number of rotatable bonds is 5.